The topological polar surface area (TPSA) is 76.5 Å². The first-order valence-electron chi connectivity index (χ1n) is 11.6. The van der Waals surface area contributed by atoms with Crippen LogP contribution in [0.15, 0.2) is 97.1 Å². The molecule has 0 saturated carbocycles. The Morgan fingerprint density at radius 3 is 2.20 bits per heavy atom. The molecule has 0 fully saturated rings. The minimum Gasteiger partial charge on any atom is -0.484 e. The van der Waals surface area contributed by atoms with Crippen molar-refractivity contribution in [2.75, 3.05) is 25.0 Å². The van der Waals surface area contributed by atoms with Gasteiger partial charge in [-0.05, 0) is 30.7 Å². The molecule has 0 aliphatic rings. The number of nitrogens with one attached hydrogen (secondary N) is 1. The van der Waals surface area contributed by atoms with E-state index in [0.717, 1.165) is 23.4 Å². The van der Waals surface area contributed by atoms with E-state index in [2.05, 4.69) is 5.32 Å². The number of ether oxygens (including phenoxy) is 1. The maximum absolute atomic E-state index is 13.0. The zero-order valence-electron chi connectivity index (χ0n) is 19.6. The number of nitrogens with zero attached hydrogens (tertiary/aromatic N) is 3. The summed E-state index contributed by atoms with van der Waals surface area (Å²) in [6, 6.07) is 30.4. The minimum atomic E-state index is -0.303. The van der Waals surface area contributed by atoms with Gasteiger partial charge in [-0.15, -0.1) is 0 Å². The zero-order chi connectivity index (χ0) is 24.5. The lowest BCUT2D eigenvalue weighted by Gasteiger charge is -2.21. The summed E-state index contributed by atoms with van der Waals surface area (Å²) >= 11 is 0. The van der Waals surface area contributed by atoms with Gasteiger partial charge in [0.2, 0.25) is 5.91 Å². The second kappa shape index (κ2) is 11.7. The highest BCUT2D eigenvalue weighted by molar-refractivity contribution is 5.94. The third-order valence-corrected chi connectivity index (χ3v) is 5.33. The molecule has 7 nitrogen and oxygen atoms in total. The molecule has 0 aliphatic heterocycles. The lowest BCUT2D eigenvalue weighted by molar-refractivity contribution is -0.136. The Morgan fingerprint density at radius 2 is 1.54 bits per heavy atom. The van der Waals surface area contributed by atoms with Crippen molar-refractivity contribution in [1.29, 1.82) is 0 Å². The fourth-order valence-electron chi connectivity index (χ4n) is 3.66. The highest BCUT2D eigenvalue weighted by Crippen LogP contribution is 2.24. The molecule has 0 radical (unpaired) electrons. The molecular formula is C28H28N4O3. The number of aromatic nitrogens is 2. The summed E-state index contributed by atoms with van der Waals surface area (Å²) < 4.78 is 7.29. The molecule has 1 aromatic heterocycles. The van der Waals surface area contributed by atoms with Crippen molar-refractivity contribution in [3.8, 4) is 22.7 Å². The minimum absolute atomic E-state index is 0.0779. The standard InChI is InChI=1S/C28H28N4O3/c1-2-18-31(28(34)21-35-24-16-10-5-11-17-24)20-27(33)29-26-19-25(22-12-6-3-7-13-22)30-32(26)23-14-8-4-9-15-23/h3-17,19H,2,18,20-21H2,1H3,(H,29,33). The van der Waals surface area contributed by atoms with Crippen molar-refractivity contribution < 1.29 is 14.3 Å². The van der Waals surface area contributed by atoms with Crippen LogP contribution in [0.3, 0.4) is 0 Å². The Labute approximate surface area is 205 Å². The number of carbonyl (C=O) groups is 2. The van der Waals surface area contributed by atoms with Gasteiger partial charge in [0.25, 0.3) is 5.91 Å². The van der Waals surface area contributed by atoms with E-state index in [1.807, 2.05) is 91.9 Å². The molecule has 1 heterocycles. The van der Waals surface area contributed by atoms with E-state index in [4.69, 9.17) is 9.84 Å². The highest BCUT2D eigenvalue weighted by Gasteiger charge is 2.19. The van der Waals surface area contributed by atoms with E-state index in [-0.39, 0.29) is 25.0 Å². The molecule has 7 heteroatoms. The number of hydrogen-bond acceptors (Lipinski definition) is 4. The third kappa shape index (κ3) is 6.35. The monoisotopic (exact) mass is 468 g/mol. The molecule has 0 bridgehead atoms. The second-order valence-corrected chi connectivity index (χ2v) is 7.99. The summed E-state index contributed by atoms with van der Waals surface area (Å²) in [5.41, 5.74) is 2.50. The molecule has 4 aromatic rings. The van der Waals surface area contributed by atoms with Crippen LogP contribution >= 0.6 is 0 Å². The summed E-state index contributed by atoms with van der Waals surface area (Å²) in [5, 5.41) is 7.66. The zero-order valence-corrected chi connectivity index (χ0v) is 19.6. The van der Waals surface area contributed by atoms with Gasteiger partial charge < -0.3 is 15.0 Å². The lowest BCUT2D eigenvalue weighted by atomic mass is 10.1. The Balaban J connectivity index is 1.49. The van der Waals surface area contributed by atoms with Crippen LogP contribution in [0.4, 0.5) is 5.82 Å². The van der Waals surface area contributed by atoms with Crippen LogP contribution in [0, 0.1) is 0 Å². The molecule has 0 aliphatic carbocycles. The van der Waals surface area contributed by atoms with Crippen molar-refractivity contribution in [1.82, 2.24) is 14.7 Å². The number of anilines is 1. The van der Waals surface area contributed by atoms with Gasteiger partial charge in [0.05, 0.1) is 11.4 Å². The summed E-state index contributed by atoms with van der Waals surface area (Å²) in [5.74, 6) is 0.599. The number of amides is 2. The second-order valence-electron chi connectivity index (χ2n) is 7.99. The smallest absolute Gasteiger partial charge is 0.260 e. The van der Waals surface area contributed by atoms with Crippen molar-refractivity contribution in [3.05, 3.63) is 97.1 Å². The van der Waals surface area contributed by atoms with E-state index in [0.29, 0.717) is 18.1 Å². The van der Waals surface area contributed by atoms with Crippen LogP contribution in [-0.2, 0) is 9.59 Å². The fraction of sp³-hybridized carbons (Fsp3) is 0.179. The Hall–Kier alpha value is -4.39. The molecule has 2 amide bonds. The molecule has 1 N–H and O–H groups in total. The predicted molar refractivity (Wildman–Crippen MR) is 136 cm³/mol. The van der Waals surface area contributed by atoms with Gasteiger partial charge in [-0.25, -0.2) is 4.68 Å². The molecule has 0 spiro atoms. The van der Waals surface area contributed by atoms with Crippen LogP contribution in [-0.4, -0.2) is 46.2 Å². The van der Waals surface area contributed by atoms with Gasteiger partial charge >= 0.3 is 0 Å². The summed E-state index contributed by atoms with van der Waals surface area (Å²) in [6.45, 7) is 2.22. The van der Waals surface area contributed by atoms with Crippen molar-refractivity contribution in [2.24, 2.45) is 0 Å². The van der Waals surface area contributed by atoms with Gasteiger partial charge in [0, 0.05) is 18.2 Å². The first-order valence-corrected chi connectivity index (χ1v) is 11.6. The van der Waals surface area contributed by atoms with E-state index in [1.54, 1.807) is 16.8 Å². The number of para-hydroxylation sites is 2. The Morgan fingerprint density at radius 1 is 0.914 bits per heavy atom. The van der Waals surface area contributed by atoms with Gasteiger partial charge in [0.1, 0.15) is 18.1 Å². The predicted octanol–water partition coefficient (Wildman–Crippen LogP) is 4.80. The molecule has 0 atom stereocenters. The molecule has 4 rings (SSSR count). The van der Waals surface area contributed by atoms with Gasteiger partial charge in [-0.3, -0.25) is 9.59 Å². The first-order chi connectivity index (χ1) is 17.1. The molecule has 35 heavy (non-hydrogen) atoms. The lowest BCUT2D eigenvalue weighted by Crippen LogP contribution is -2.41. The van der Waals surface area contributed by atoms with Gasteiger partial charge in [0.15, 0.2) is 6.61 Å². The Kier molecular flexibility index (Phi) is 7.91. The van der Waals surface area contributed by atoms with E-state index in [9.17, 15) is 9.59 Å². The normalized spacial score (nSPS) is 10.5. The van der Waals surface area contributed by atoms with E-state index < -0.39 is 0 Å². The summed E-state index contributed by atoms with van der Waals surface area (Å²) in [6.07, 6.45) is 0.727. The van der Waals surface area contributed by atoms with E-state index >= 15 is 0 Å². The van der Waals surface area contributed by atoms with Crippen LogP contribution in [0.25, 0.3) is 16.9 Å². The van der Waals surface area contributed by atoms with Crippen molar-refractivity contribution in [2.45, 2.75) is 13.3 Å². The maximum Gasteiger partial charge on any atom is 0.260 e. The Bertz CT molecular complexity index is 1240. The van der Waals surface area contributed by atoms with Crippen LogP contribution in [0.5, 0.6) is 5.75 Å². The van der Waals surface area contributed by atoms with Crippen molar-refractivity contribution >= 4 is 17.6 Å². The number of hydrogen-bond donors (Lipinski definition) is 1. The van der Waals surface area contributed by atoms with Gasteiger partial charge in [-0.1, -0.05) is 73.7 Å². The van der Waals surface area contributed by atoms with Gasteiger partial charge in [-0.2, -0.15) is 5.10 Å². The fourth-order valence-corrected chi connectivity index (χ4v) is 3.66. The van der Waals surface area contributed by atoms with Crippen LogP contribution in [0.1, 0.15) is 13.3 Å². The molecule has 178 valence electrons. The number of carbonyl (C=O) groups excluding carboxylic acids is 2. The average Bonchev–Trinajstić information content (AvgIpc) is 3.32. The first kappa shape index (κ1) is 23.8. The SMILES string of the molecule is CCCN(CC(=O)Nc1cc(-c2ccccc2)nn1-c1ccccc1)C(=O)COc1ccccc1. The number of benzene rings is 3. The highest BCUT2D eigenvalue weighted by atomic mass is 16.5. The molecular weight excluding hydrogens is 440 g/mol. The summed E-state index contributed by atoms with van der Waals surface area (Å²) in [4.78, 5) is 27.3. The number of rotatable bonds is 10. The molecule has 0 unspecified atom stereocenters. The third-order valence-electron chi connectivity index (χ3n) is 5.33. The summed E-state index contributed by atoms with van der Waals surface area (Å²) in [7, 11) is 0. The van der Waals surface area contributed by atoms with Crippen molar-refractivity contribution in [3.63, 3.8) is 0 Å². The molecule has 3 aromatic carbocycles. The molecule has 0 saturated heterocycles. The van der Waals surface area contributed by atoms with Crippen LogP contribution in [0.2, 0.25) is 0 Å². The largest absolute Gasteiger partial charge is 0.484 e. The maximum atomic E-state index is 13.0. The van der Waals surface area contributed by atoms with E-state index in [1.165, 1.54) is 4.90 Å². The van der Waals surface area contributed by atoms with Crippen LogP contribution < -0.4 is 10.1 Å². The average molecular weight is 469 g/mol. The quantitative estimate of drug-likeness (QED) is 0.363.